The van der Waals surface area contributed by atoms with E-state index >= 15 is 0 Å². The lowest BCUT2D eigenvalue weighted by molar-refractivity contribution is -0.138. The van der Waals surface area contributed by atoms with Crippen LogP contribution < -0.4 is 5.32 Å². The number of hydrogen-bond acceptors (Lipinski definition) is 9. The van der Waals surface area contributed by atoms with E-state index in [0.29, 0.717) is 85.4 Å². The van der Waals surface area contributed by atoms with Gasteiger partial charge >= 0.3 is 5.97 Å². The molecule has 1 saturated heterocycles. The smallest absolute Gasteiger partial charge is 0.305 e. The first-order chi connectivity index (χ1) is 14.8. The third-order valence-corrected chi connectivity index (χ3v) is 4.19. The summed E-state index contributed by atoms with van der Waals surface area (Å²) < 4.78 is 37.9. The van der Waals surface area contributed by atoms with Crippen LogP contribution in [-0.4, -0.2) is 116 Å². The van der Waals surface area contributed by atoms with Gasteiger partial charge in [-0.3, -0.25) is 4.79 Å². The molecule has 10 heteroatoms. The Morgan fingerprint density at radius 3 is 1.40 bits per heavy atom. The number of piperidine rings is 1. The Kier molecular flexibility index (Phi) is 19.4. The Hall–Kier alpha value is -0.850. The minimum Gasteiger partial charge on any atom is -0.481 e. The van der Waals surface area contributed by atoms with Crippen molar-refractivity contribution in [2.45, 2.75) is 25.4 Å². The maximum Gasteiger partial charge on any atom is 0.305 e. The van der Waals surface area contributed by atoms with E-state index in [1.807, 2.05) is 0 Å². The van der Waals surface area contributed by atoms with Crippen LogP contribution >= 0.6 is 0 Å². The third-order valence-electron chi connectivity index (χ3n) is 4.19. The molecule has 1 fully saturated rings. The first-order valence-electron chi connectivity index (χ1n) is 10.8. The van der Waals surface area contributed by atoms with Gasteiger partial charge in [-0.25, -0.2) is 0 Å². The van der Waals surface area contributed by atoms with Crippen LogP contribution in [0.4, 0.5) is 0 Å². The van der Waals surface area contributed by atoms with Crippen molar-refractivity contribution in [1.82, 2.24) is 5.32 Å². The zero-order valence-electron chi connectivity index (χ0n) is 18.0. The van der Waals surface area contributed by atoms with Gasteiger partial charge in [-0.1, -0.05) is 0 Å². The summed E-state index contributed by atoms with van der Waals surface area (Å²) in [6.07, 6.45) is 2.54. The van der Waals surface area contributed by atoms with E-state index in [-0.39, 0.29) is 13.0 Å². The van der Waals surface area contributed by atoms with Crippen LogP contribution in [0.5, 0.6) is 0 Å². The van der Waals surface area contributed by atoms with Gasteiger partial charge in [-0.05, 0) is 25.9 Å². The van der Waals surface area contributed by atoms with Gasteiger partial charge in [0.05, 0.1) is 98.4 Å². The van der Waals surface area contributed by atoms with Gasteiger partial charge in [0, 0.05) is 0 Å². The second-order valence-electron chi connectivity index (χ2n) is 6.64. The van der Waals surface area contributed by atoms with Crippen LogP contribution in [0.25, 0.3) is 0 Å². The molecule has 0 bridgehead atoms. The molecule has 1 heterocycles. The van der Waals surface area contributed by atoms with Gasteiger partial charge < -0.3 is 43.6 Å². The highest BCUT2D eigenvalue weighted by atomic mass is 16.6. The molecule has 1 aliphatic heterocycles. The summed E-state index contributed by atoms with van der Waals surface area (Å²) in [5.74, 6) is -0.865. The molecule has 1 aliphatic rings. The number of ether oxygens (including phenoxy) is 7. The predicted molar refractivity (Wildman–Crippen MR) is 109 cm³/mol. The lowest BCUT2D eigenvalue weighted by atomic mass is 10.1. The highest BCUT2D eigenvalue weighted by molar-refractivity contribution is 5.66. The van der Waals surface area contributed by atoms with Crippen LogP contribution in [0, 0.1) is 0 Å². The fourth-order valence-corrected chi connectivity index (χ4v) is 2.60. The minimum atomic E-state index is -0.865. The largest absolute Gasteiger partial charge is 0.481 e. The van der Waals surface area contributed by atoms with Crippen molar-refractivity contribution in [2.24, 2.45) is 0 Å². The van der Waals surface area contributed by atoms with E-state index in [2.05, 4.69) is 5.32 Å². The monoisotopic (exact) mass is 437 g/mol. The molecule has 1 rings (SSSR count). The maximum atomic E-state index is 10.3. The van der Waals surface area contributed by atoms with Crippen molar-refractivity contribution in [3.05, 3.63) is 0 Å². The fourth-order valence-electron chi connectivity index (χ4n) is 2.60. The minimum absolute atomic E-state index is 0.0100. The summed E-state index contributed by atoms with van der Waals surface area (Å²) in [7, 11) is 0. The van der Waals surface area contributed by atoms with Gasteiger partial charge in [0.25, 0.3) is 0 Å². The SMILES string of the molecule is O=C(O)CCOCCOCCOCCOCCOCCOCCOC1CCNCC1. The van der Waals surface area contributed by atoms with E-state index in [4.69, 9.17) is 38.3 Å². The standard InChI is InChI=1S/C20H39NO9/c22-20(23)3-6-24-7-8-25-9-10-26-11-12-27-13-14-28-15-16-29-17-18-30-19-1-4-21-5-2-19/h19,21H,1-18H2,(H,22,23). The van der Waals surface area contributed by atoms with Crippen LogP contribution in [0.2, 0.25) is 0 Å². The lowest BCUT2D eigenvalue weighted by Crippen LogP contribution is -2.33. The summed E-state index contributed by atoms with van der Waals surface area (Å²) in [5.41, 5.74) is 0. The molecule has 0 aliphatic carbocycles. The number of carboxylic acids is 1. The summed E-state index contributed by atoms with van der Waals surface area (Å²) in [6.45, 7) is 8.43. The van der Waals surface area contributed by atoms with E-state index < -0.39 is 5.97 Å². The van der Waals surface area contributed by atoms with Gasteiger partial charge in [0.15, 0.2) is 0 Å². The second-order valence-corrected chi connectivity index (χ2v) is 6.64. The van der Waals surface area contributed by atoms with Crippen molar-refractivity contribution in [3.63, 3.8) is 0 Å². The zero-order chi connectivity index (χ0) is 21.5. The van der Waals surface area contributed by atoms with Gasteiger partial charge in [-0.2, -0.15) is 0 Å². The Morgan fingerprint density at radius 1 is 0.633 bits per heavy atom. The number of carboxylic acid groups (broad SMARTS) is 1. The predicted octanol–water partition coefficient (Wildman–Crippen LogP) is 0.329. The summed E-state index contributed by atoms with van der Waals surface area (Å²) in [4.78, 5) is 10.3. The first kappa shape index (κ1) is 27.2. The Morgan fingerprint density at radius 2 is 1.00 bits per heavy atom. The fraction of sp³-hybridized carbons (Fsp3) is 0.950. The molecular weight excluding hydrogens is 398 g/mol. The molecule has 0 atom stereocenters. The summed E-state index contributed by atoms with van der Waals surface area (Å²) >= 11 is 0. The normalized spacial score (nSPS) is 14.9. The number of carbonyl (C=O) groups is 1. The van der Waals surface area contributed by atoms with E-state index in [0.717, 1.165) is 25.9 Å². The van der Waals surface area contributed by atoms with Crippen molar-refractivity contribution >= 4 is 5.97 Å². The number of aliphatic carboxylic acids is 1. The molecule has 0 radical (unpaired) electrons. The zero-order valence-corrected chi connectivity index (χ0v) is 18.0. The number of hydrogen-bond donors (Lipinski definition) is 2. The summed E-state index contributed by atoms with van der Waals surface area (Å²) in [6, 6.07) is 0. The average Bonchev–Trinajstić information content (AvgIpc) is 2.75. The molecule has 0 aromatic heterocycles. The van der Waals surface area contributed by atoms with E-state index in [9.17, 15) is 4.79 Å². The maximum absolute atomic E-state index is 10.3. The first-order valence-corrected chi connectivity index (χ1v) is 10.8. The number of rotatable bonds is 22. The van der Waals surface area contributed by atoms with Crippen molar-refractivity contribution in [2.75, 3.05) is 99.0 Å². The average molecular weight is 438 g/mol. The Bertz CT molecular complexity index is 381. The highest BCUT2D eigenvalue weighted by Gasteiger charge is 2.12. The van der Waals surface area contributed by atoms with Gasteiger partial charge in [0.2, 0.25) is 0 Å². The third kappa shape index (κ3) is 19.1. The van der Waals surface area contributed by atoms with Crippen molar-refractivity contribution < 1.29 is 43.1 Å². The molecule has 0 spiro atoms. The molecule has 0 aromatic carbocycles. The molecule has 2 N–H and O–H groups in total. The molecule has 0 aromatic rings. The Balaban J connectivity index is 1.64. The van der Waals surface area contributed by atoms with Crippen molar-refractivity contribution in [1.29, 1.82) is 0 Å². The molecule has 0 amide bonds. The molecule has 0 saturated carbocycles. The van der Waals surface area contributed by atoms with Crippen LogP contribution in [-0.2, 0) is 38.0 Å². The molecule has 0 unspecified atom stereocenters. The molecule has 30 heavy (non-hydrogen) atoms. The molecular formula is C20H39NO9. The second kappa shape index (κ2) is 21.4. The van der Waals surface area contributed by atoms with E-state index in [1.165, 1.54) is 0 Å². The van der Waals surface area contributed by atoms with Crippen LogP contribution in [0.1, 0.15) is 19.3 Å². The van der Waals surface area contributed by atoms with Crippen molar-refractivity contribution in [3.8, 4) is 0 Å². The van der Waals surface area contributed by atoms with Gasteiger partial charge in [-0.15, -0.1) is 0 Å². The molecule has 10 nitrogen and oxygen atoms in total. The lowest BCUT2D eigenvalue weighted by Gasteiger charge is -2.22. The van der Waals surface area contributed by atoms with Gasteiger partial charge in [0.1, 0.15) is 0 Å². The van der Waals surface area contributed by atoms with E-state index in [1.54, 1.807) is 0 Å². The molecule has 178 valence electrons. The topological polar surface area (TPSA) is 114 Å². The highest BCUT2D eigenvalue weighted by Crippen LogP contribution is 2.06. The Labute approximate surface area is 179 Å². The van der Waals surface area contributed by atoms with Crippen LogP contribution in [0.15, 0.2) is 0 Å². The quantitative estimate of drug-likeness (QED) is 0.230. The summed E-state index contributed by atoms with van der Waals surface area (Å²) in [5, 5.41) is 11.8. The number of nitrogens with one attached hydrogen (secondary N) is 1. The van der Waals surface area contributed by atoms with Crippen LogP contribution in [0.3, 0.4) is 0 Å².